The molecule has 10 rings (SSSR count). The number of aliphatic imine (C=N–C) groups is 2. The highest BCUT2D eigenvalue weighted by molar-refractivity contribution is 6.19. The van der Waals surface area contributed by atoms with Crippen LogP contribution >= 0.6 is 0 Å². The van der Waals surface area contributed by atoms with E-state index in [4.69, 9.17) is 20.0 Å². The van der Waals surface area contributed by atoms with E-state index in [0.717, 1.165) is 67.5 Å². The third-order valence-corrected chi connectivity index (χ3v) is 8.83. The molecule has 8 heteroatoms. The Morgan fingerprint density at radius 3 is 1.75 bits per heavy atom. The summed E-state index contributed by atoms with van der Waals surface area (Å²) in [6.07, 6.45) is 3.76. The molecule has 0 amide bonds. The molecule has 0 spiro atoms. The Kier molecular flexibility index (Phi) is 4.68. The number of hydrogen-bond acceptors (Lipinski definition) is 6. The van der Waals surface area contributed by atoms with E-state index in [0.29, 0.717) is 13.1 Å². The lowest BCUT2D eigenvalue weighted by Crippen LogP contribution is -2.25. The van der Waals surface area contributed by atoms with Crippen LogP contribution in [-0.2, 0) is 0 Å². The van der Waals surface area contributed by atoms with E-state index >= 15 is 0 Å². The average molecular weight is 569 g/mol. The summed E-state index contributed by atoms with van der Waals surface area (Å²) < 4.78 is 4.45. The molecule has 0 bridgehead atoms. The topological polar surface area (TPSA) is 84.4 Å². The van der Waals surface area contributed by atoms with Crippen molar-refractivity contribution in [3.05, 3.63) is 103 Å². The van der Waals surface area contributed by atoms with Crippen LogP contribution < -0.4 is 10.6 Å². The second-order valence-electron chi connectivity index (χ2n) is 11.2. The predicted molar refractivity (Wildman–Crippen MR) is 181 cm³/mol. The first-order valence-electron chi connectivity index (χ1n) is 14.8. The second-order valence-corrected chi connectivity index (χ2v) is 11.2. The van der Waals surface area contributed by atoms with Gasteiger partial charge in [0.15, 0.2) is 5.82 Å². The van der Waals surface area contributed by atoms with Crippen molar-refractivity contribution >= 4 is 89.4 Å². The van der Waals surface area contributed by atoms with E-state index < -0.39 is 0 Å². The molecule has 208 valence electrons. The molecule has 0 saturated carbocycles. The van der Waals surface area contributed by atoms with E-state index in [1.54, 1.807) is 0 Å². The first-order valence-corrected chi connectivity index (χ1v) is 14.8. The van der Waals surface area contributed by atoms with Crippen LogP contribution in [0, 0.1) is 0 Å². The number of aromatic nitrogens is 4. The van der Waals surface area contributed by atoms with Crippen molar-refractivity contribution in [1.29, 1.82) is 0 Å². The Morgan fingerprint density at radius 2 is 1.14 bits per heavy atom. The molecule has 3 aromatic heterocycles. The first kappa shape index (κ1) is 23.5. The normalized spacial score (nSPS) is 14.1. The molecule has 0 radical (unpaired) electrons. The summed E-state index contributed by atoms with van der Waals surface area (Å²) in [5.41, 5.74) is 9.24. The molecule has 5 aromatic carbocycles. The van der Waals surface area contributed by atoms with Crippen LogP contribution in [0.15, 0.2) is 113 Å². The van der Waals surface area contributed by atoms with Crippen molar-refractivity contribution in [2.75, 3.05) is 23.7 Å². The number of fused-ring (bicyclic) bond motifs is 12. The number of hydrogen-bond donors (Lipinski definition) is 2. The molecule has 0 unspecified atom stereocenters. The molecule has 0 saturated heterocycles. The van der Waals surface area contributed by atoms with Crippen LogP contribution in [0.3, 0.4) is 0 Å². The number of nitrogens with zero attached hydrogens (tertiary/aromatic N) is 6. The Hall–Kier alpha value is -6.02. The lowest BCUT2D eigenvalue weighted by Gasteiger charge is -2.25. The Labute approximate surface area is 251 Å². The van der Waals surface area contributed by atoms with E-state index in [1.807, 2.05) is 12.4 Å². The lowest BCUT2D eigenvalue weighted by molar-refractivity contribution is 1.07. The Bertz CT molecular complexity index is 2460. The fourth-order valence-corrected chi connectivity index (χ4v) is 7.00. The van der Waals surface area contributed by atoms with Gasteiger partial charge in [-0.2, -0.15) is 0 Å². The molecular weight excluding hydrogens is 544 g/mol. The van der Waals surface area contributed by atoms with Crippen LogP contribution in [0.5, 0.6) is 0 Å². The third-order valence-electron chi connectivity index (χ3n) is 8.83. The van der Waals surface area contributed by atoms with Gasteiger partial charge in [-0.3, -0.25) is 14.1 Å². The average Bonchev–Trinajstić information content (AvgIpc) is 3.61. The summed E-state index contributed by atoms with van der Waals surface area (Å²) in [7, 11) is 0. The summed E-state index contributed by atoms with van der Waals surface area (Å²) in [5.74, 6) is 1.65. The monoisotopic (exact) mass is 568 g/mol. The number of anilines is 2. The molecule has 0 aliphatic carbocycles. The molecular formula is C36H24N8. The van der Waals surface area contributed by atoms with E-state index in [1.165, 1.54) is 21.5 Å². The first-order chi connectivity index (χ1) is 21.8. The standard InChI is InChI=1S/C36H24N8/c1-5-13-25-21(9-1)22-10-2-6-14-26(22)43(25)29-19-39-33-31-32(38-18-17-37-31)35-34(36(33)42-29)40-20-30(41-35)44-27-15-7-3-11-23(27)24-12-4-8-16-28(24)44/h1-17,20,38-39H,18-19H2. The molecule has 5 heterocycles. The van der Waals surface area contributed by atoms with Crippen LogP contribution in [0.25, 0.3) is 60.5 Å². The summed E-state index contributed by atoms with van der Waals surface area (Å²) in [5, 5.41) is 12.0. The zero-order chi connectivity index (χ0) is 28.8. The molecule has 0 fully saturated rings. The molecule has 2 aliphatic heterocycles. The summed E-state index contributed by atoms with van der Waals surface area (Å²) in [6.45, 7) is 1.17. The van der Waals surface area contributed by atoms with Crippen LogP contribution in [0.4, 0.5) is 22.7 Å². The van der Waals surface area contributed by atoms with Gasteiger partial charge in [-0.1, -0.05) is 72.8 Å². The van der Waals surface area contributed by atoms with E-state index in [-0.39, 0.29) is 0 Å². The van der Waals surface area contributed by atoms with Gasteiger partial charge in [-0.05, 0) is 24.3 Å². The van der Waals surface area contributed by atoms with Gasteiger partial charge < -0.3 is 10.6 Å². The fraction of sp³-hybridized carbons (Fsp3) is 0.0556. The highest BCUT2D eigenvalue weighted by Crippen LogP contribution is 2.49. The maximum absolute atomic E-state index is 5.32. The van der Waals surface area contributed by atoms with Crippen LogP contribution in [0.2, 0.25) is 0 Å². The van der Waals surface area contributed by atoms with Crippen molar-refractivity contribution < 1.29 is 0 Å². The summed E-state index contributed by atoms with van der Waals surface area (Å²) >= 11 is 0. The van der Waals surface area contributed by atoms with Gasteiger partial charge in [0.05, 0.1) is 52.7 Å². The number of benzene rings is 5. The highest BCUT2D eigenvalue weighted by atomic mass is 15.2. The van der Waals surface area contributed by atoms with Crippen LogP contribution in [0.1, 0.15) is 0 Å². The minimum absolute atomic E-state index is 0.552. The summed E-state index contributed by atoms with van der Waals surface area (Å²) in [4.78, 5) is 20.5. The minimum Gasteiger partial charge on any atom is -0.376 e. The van der Waals surface area contributed by atoms with Gasteiger partial charge in [0.25, 0.3) is 0 Å². The molecule has 2 N–H and O–H groups in total. The van der Waals surface area contributed by atoms with Gasteiger partial charge in [0.2, 0.25) is 0 Å². The number of rotatable bonds is 1. The molecule has 44 heavy (non-hydrogen) atoms. The SMILES string of the molecule is C1=Nc2c3c(c4ncc(-n5c6ccccc6c6ccccc65)nc4c2NC1)N=C(n1c2ccccc2c2ccccc21)CN3. The van der Waals surface area contributed by atoms with Crippen molar-refractivity contribution in [2.24, 2.45) is 9.98 Å². The van der Waals surface area contributed by atoms with E-state index in [2.05, 4.69) is 117 Å². The Morgan fingerprint density at radius 1 is 0.568 bits per heavy atom. The zero-order valence-corrected chi connectivity index (χ0v) is 23.5. The highest BCUT2D eigenvalue weighted by Gasteiger charge is 2.28. The Balaban J connectivity index is 1.25. The predicted octanol–water partition coefficient (Wildman–Crippen LogP) is 7.97. The third kappa shape index (κ3) is 3.11. The molecule has 8 aromatic rings. The van der Waals surface area contributed by atoms with Gasteiger partial charge in [-0.15, -0.1) is 0 Å². The largest absolute Gasteiger partial charge is 0.376 e. The minimum atomic E-state index is 0.552. The number of para-hydroxylation sites is 4. The van der Waals surface area contributed by atoms with Gasteiger partial charge in [0.1, 0.15) is 28.2 Å². The molecule has 2 aliphatic rings. The molecule has 0 atom stereocenters. The lowest BCUT2D eigenvalue weighted by atomic mass is 10.1. The molecule has 8 nitrogen and oxygen atoms in total. The second kappa shape index (κ2) is 8.75. The maximum Gasteiger partial charge on any atom is 0.157 e. The van der Waals surface area contributed by atoms with Gasteiger partial charge in [-0.25, -0.2) is 15.0 Å². The maximum atomic E-state index is 5.32. The zero-order valence-electron chi connectivity index (χ0n) is 23.5. The quantitative estimate of drug-likeness (QED) is 0.210. The van der Waals surface area contributed by atoms with Crippen molar-refractivity contribution in [3.8, 4) is 5.82 Å². The van der Waals surface area contributed by atoms with Crippen molar-refractivity contribution in [2.45, 2.75) is 0 Å². The van der Waals surface area contributed by atoms with Gasteiger partial charge >= 0.3 is 0 Å². The van der Waals surface area contributed by atoms with Crippen molar-refractivity contribution in [1.82, 2.24) is 19.1 Å². The van der Waals surface area contributed by atoms with E-state index in [9.17, 15) is 0 Å². The number of nitrogens with one attached hydrogen (secondary N) is 2. The summed E-state index contributed by atoms with van der Waals surface area (Å²) in [6, 6.07) is 33.9. The van der Waals surface area contributed by atoms with Crippen molar-refractivity contribution in [3.63, 3.8) is 0 Å². The fourth-order valence-electron chi connectivity index (χ4n) is 7.00. The van der Waals surface area contributed by atoms with Gasteiger partial charge in [0, 0.05) is 27.8 Å². The smallest absolute Gasteiger partial charge is 0.157 e. The van der Waals surface area contributed by atoms with Crippen LogP contribution in [-0.4, -0.2) is 44.2 Å².